The first kappa shape index (κ1) is 9.85. The van der Waals surface area contributed by atoms with Gasteiger partial charge in [0.1, 0.15) is 0 Å². The van der Waals surface area contributed by atoms with Gasteiger partial charge in [0.05, 0.1) is 0 Å². The molecule has 0 aromatic heterocycles. The molecule has 1 aliphatic carbocycles. The van der Waals surface area contributed by atoms with Crippen molar-refractivity contribution in [3.63, 3.8) is 0 Å². The molecule has 11 heavy (non-hydrogen) atoms. The maximum Gasteiger partial charge on any atom is 0.372 e. The summed E-state index contributed by atoms with van der Waals surface area (Å²) in [5, 5.41) is 0. The molecule has 0 aromatic rings. The molecule has 0 N–H and O–H groups in total. The average molecular weight is 165 g/mol. The van der Waals surface area contributed by atoms with Crippen LogP contribution in [-0.2, 0) is 0 Å². The van der Waals surface area contributed by atoms with Crippen LogP contribution in [0.2, 0.25) is 8.09 Å². The Labute approximate surface area is 80.9 Å². The fourth-order valence-electron chi connectivity index (χ4n) is 2.16. The van der Waals surface area contributed by atoms with Crippen molar-refractivity contribution in [2.45, 2.75) is 60.5 Å². The highest BCUT2D eigenvalue weighted by molar-refractivity contribution is 6.39. The zero-order valence-electron chi connectivity index (χ0n) is 8.10. The van der Waals surface area contributed by atoms with Crippen molar-refractivity contribution in [2.75, 3.05) is 0 Å². The van der Waals surface area contributed by atoms with Gasteiger partial charge in [0, 0.05) is 0 Å². The van der Waals surface area contributed by atoms with E-state index in [-0.39, 0.29) is 20.4 Å². The van der Waals surface area contributed by atoms with Crippen molar-refractivity contribution in [3.8, 4) is 0 Å². The molecule has 62 valence electrons. The Kier molecular flexibility index (Phi) is 4.85. The summed E-state index contributed by atoms with van der Waals surface area (Å²) in [5.74, 6) is 0. The molecule has 1 rings (SSSR count). The monoisotopic (exact) mass is 164 g/mol. The molecule has 1 heteroatoms. The molecule has 1 aliphatic rings. The van der Waals surface area contributed by atoms with E-state index in [9.17, 15) is 0 Å². The summed E-state index contributed by atoms with van der Waals surface area (Å²) in [6, 6.07) is 0. The van der Waals surface area contributed by atoms with Crippen molar-refractivity contribution in [1.29, 1.82) is 0 Å². The van der Waals surface area contributed by atoms with Crippen LogP contribution in [0, 0.1) is 0 Å². The highest BCUT2D eigenvalue weighted by atomic mass is 24.5. The fourth-order valence-corrected chi connectivity index (χ4v) is 4.68. The highest BCUT2D eigenvalue weighted by Gasteiger charge is 2.18. The topological polar surface area (TPSA) is 0 Å². The lowest BCUT2D eigenvalue weighted by Crippen LogP contribution is -2.11. The SMILES string of the molecule is CC[CH](C)[Mg][CH]1CCCCC1. The van der Waals surface area contributed by atoms with Crippen molar-refractivity contribution >= 4 is 20.4 Å². The predicted molar refractivity (Wildman–Crippen MR) is 52.3 cm³/mol. The van der Waals surface area contributed by atoms with E-state index in [4.69, 9.17) is 0 Å². The van der Waals surface area contributed by atoms with Gasteiger partial charge in [0.25, 0.3) is 0 Å². The normalized spacial score (nSPS) is 22.7. The summed E-state index contributed by atoms with van der Waals surface area (Å²) in [7, 11) is 0. The number of hydrogen-bond donors (Lipinski definition) is 0. The zero-order valence-corrected chi connectivity index (χ0v) is 9.52. The van der Waals surface area contributed by atoms with Crippen LogP contribution in [0.25, 0.3) is 0 Å². The summed E-state index contributed by atoms with van der Waals surface area (Å²) in [4.78, 5) is 0. The van der Waals surface area contributed by atoms with Gasteiger partial charge in [-0.15, -0.1) is 8.09 Å². The third-order valence-electron chi connectivity index (χ3n) is 3.16. The zero-order chi connectivity index (χ0) is 8.10. The minimum absolute atomic E-state index is 0.290. The van der Waals surface area contributed by atoms with Crippen LogP contribution in [0.1, 0.15) is 52.4 Å². The molecule has 0 spiro atoms. The van der Waals surface area contributed by atoms with Crippen LogP contribution in [0.4, 0.5) is 0 Å². The van der Waals surface area contributed by atoms with E-state index in [2.05, 4.69) is 13.8 Å². The van der Waals surface area contributed by atoms with E-state index in [0.29, 0.717) is 0 Å². The average Bonchev–Trinajstić information content (AvgIpc) is 2.06. The minimum Gasteiger partial charge on any atom is -0.137 e. The largest absolute Gasteiger partial charge is 0.372 e. The first-order valence-electron chi connectivity index (χ1n) is 5.33. The van der Waals surface area contributed by atoms with Gasteiger partial charge in [-0.3, -0.25) is 0 Å². The molecule has 0 bridgehead atoms. The molecule has 0 heterocycles. The van der Waals surface area contributed by atoms with Gasteiger partial charge in [-0.25, -0.2) is 0 Å². The molecular weight excluding hydrogens is 144 g/mol. The molecule has 0 aromatic carbocycles. The Hall–Kier alpha value is 0.766. The van der Waals surface area contributed by atoms with Crippen LogP contribution < -0.4 is 0 Å². The van der Waals surface area contributed by atoms with Gasteiger partial charge in [-0.1, -0.05) is 52.4 Å². The number of hydrogen-bond acceptors (Lipinski definition) is 0. The molecule has 0 aliphatic heterocycles. The third kappa shape index (κ3) is 3.79. The van der Waals surface area contributed by atoms with Gasteiger partial charge < -0.3 is 0 Å². The molecule has 1 saturated carbocycles. The van der Waals surface area contributed by atoms with E-state index in [0.717, 1.165) is 4.05 Å². The first-order valence-corrected chi connectivity index (χ1v) is 6.96. The van der Waals surface area contributed by atoms with E-state index < -0.39 is 0 Å². The molecule has 0 radical (unpaired) electrons. The number of rotatable bonds is 3. The predicted octanol–water partition coefficient (Wildman–Crippen LogP) is 3.66. The van der Waals surface area contributed by atoms with Gasteiger partial charge in [0.2, 0.25) is 0 Å². The van der Waals surface area contributed by atoms with Crippen LogP contribution >= 0.6 is 0 Å². The van der Waals surface area contributed by atoms with Gasteiger partial charge in [-0.05, 0) is 0 Å². The van der Waals surface area contributed by atoms with Crippen molar-refractivity contribution in [1.82, 2.24) is 0 Å². The lowest BCUT2D eigenvalue weighted by molar-refractivity contribution is 0.497. The van der Waals surface area contributed by atoms with Crippen molar-refractivity contribution in [3.05, 3.63) is 0 Å². The second-order valence-corrected chi connectivity index (χ2v) is 7.27. The summed E-state index contributed by atoms with van der Waals surface area (Å²) in [5.41, 5.74) is 0. The highest BCUT2D eigenvalue weighted by Crippen LogP contribution is 2.30. The van der Waals surface area contributed by atoms with Crippen molar-refractivity contribution < 1.29 is 0 Å². The Morgan fingerprint density at radius 3 is 2.45 bits per heavy atom. The standard InChI is InChI=1S/C6H11.C4H9.Mg/c1-2-4-6-5-3-1;1-3-4-2;/h1H,2-6H2;3H,4H2,1-2H3;. The molecule has 0 amide bonds. The van der Waals surface area contributed by atoms with Crippen LogP contribution in [0.5, 0.6) is 0 Å². The molecular formula is C10H20Mg. The first-order chi connectivity index (χ1) is 5.33. The third-order valence-corrected chi connectivity index (χ3v) is 6.02. The Balaban J connectivity index is 2.13. The minimum atomic E-state index is 0.290. The Morgan fingerprint density at radius 2 is 1.91 bits per heavy atom. The second kappa shape index (κ2) is 5.42. The Bertz CT molecular complexity index is 95.0. The molecule has 1 atom stereocenters. The quantitative estimate of drug-likeness (QED) is 0.559. The second-order valence-electron chi connectivity index (χ2n) is 4.25. The van der Waals surface area contributed by atoms with Gasteiger partial charge in [0.15, 0.2) is 0 Å². The smallest absolute Gasteiger partial charge is 0.137 e. The van der Waals surface area contributed by atoms with Crippen LogP contribution in [0.3, 0.4) is 0 Å². The van der Waals surface area contributed by atoms with Gasteiger partial charge in [-0.2, -0.15) is 0 Å². The summed E-state index contributed by atoms with van der Waals surface area (Å²) >= 11 is 0.290. The summed E-state index contributed by atoms with van der Waals surface area (Å²) < 4.78 is 2.33. The van der Waals surface area contributed by atoms with Crippen LogP contribution in [-0.4, -0.2) is 20.4 Å². The van der Waals surface area contributed by atoms with E-state index in [1.165, 1.54) is 29.7 Å². The maximum absolute atomic E-state index is 2.46. The Morgan fingerprint density at radius 1 is 1.27 bits per heavy atom. The van der Waals surface area contributed by atoms with Crippen molar-refractivity contribution in [2.24, 2.45) is 0 Å². The molecule has 1 fully saturated rings. The summed E-state index contributed by atoms with van der Waals surface area (Å²) in [6.07, 6.45) is 9.18. The van der Waals surface area contributed by atoms with Crippen LogP contribution in [0.15, 0.2) is 0 Å². The van der Waals surface area contributed by atoms with E-state index >= 15 is 0 Å². The molecule has 0 saturated heterocycles. The fraction of sp³-hybridized carbons (Fsp3) is 1.00. The lowest BCUT2D eigenvalue weighted by atomic mass is 10.00. The summed E-state index contributed by atoms with van der Waals surface area (Å²) in [6.45, 7) is 4.81. The van der Waals surface area contributed by atoms with E-state index in [1.807, 2.05) is 0 Å². The maximum atomic E-state index is 2.46. The molecule has 0 nitrogen and oxygen atoms in total. The van der Waals surface area contributed by atoms with Gasteiger partial charge >= 0.3 is 20.4 Å². The lowest BCUT2D eigenvalue weighted by Gasteiger charge is -2.23. The van der Waals surface area contributed by atoms with E-state index in [1.54, 1.807) is 12.8 Å². The molecule has 1 unspecified atom stereocenters.